The van der Waals surface area contributed by atoms with Crippen molar-refractivity contribution < 1.29 is 9.18 Å². The van der Waals surface area contributed by atoms with Crippen molar-refractivity contribution in [1.82, 2.24) is 0 Å². The number of alkyl halides is 1. The van der Waals surface area contributed by atoms with Crippen molar-refractivity contribution in [3.8, 4) is 0 Å². The SMILES string of the molecule is NC(=O)CSCCCF. The van der Waals surface area contributed by atoms with E-state index in [0.717, 1.165) is 0 Å². The number of rotatable bonds is 5. The quantitative estimate of drug-likeness (QED) is 0.583. The van der Waals surface area contributed by atoms with Crippen LogP contribution in [0.5, 0.6) is 0 Å². The van der Waals surface area contributed by atoms with Gasteiger partial charge in [0.15, 0.2) is 0 Å². The van der Waals surface area contributed by atoms with E-state index in [-0.39, 0.29) is 12.6 Å². The van der Waals surface area contributed by atoms with Crippen molar-refractivity contribution in [1.29, 1.82) is 0 Å². The Labute approximate surface area is 58.0 Å². The number of primary amides is 1. The summed E-state index contributed by atoms with van der Waals surface area (Å²) in [4.78, 5) is 10.1. The molecular weight excluding hydrogens is 141 g/mol. The van der Waals surface area contributed by atoms with Gasteiger partial charge in [-0.2, -0.15) is 11.8 Å². The van der Waals surface area contributed by atoms with E-state index < -0.39 is 0 Å². The second-order valence-electron chi connectivity index (χ2n) is 1.56. The molecule has 0 saturated carbocycles. The minimum Gasteiger partial charge on any atom is -0.369 e. The molecule has 0 fully saturated rings. The monoisotopic (exact) mass is 151 g/mol. The van der Waals surface area contributed by atoms with E-state index in [1.165, 1.54) is 11.8 Å². The third-order valence-electron chi connectivity index (χ3n) is 0.667. The predicted octanol–water partition coefficient (Wildman–Crippen LogP) is 0.565. The summed E-state index contributed by atoms with van der Waals surface area (Å²) in [6, 6.07) is 0. The van der Waals surface area contributed by atoms with Gasteiger partial charge in [0.1, 0.15) is 0 Å². The molecule has 4 heteroatoms. The average molecular weight is 151 g/mol. The Hall–Kier alpha value is -0.250. The molecule has 54 valence electrons. The Balaban J connectivity index is 2.83. The molecular formula is C5H10FNOS. The first-order valence-corrected chi connectivity index (χ1v) is 3.85. The Morgan fingerprint density at radius 1 is 1.67 bits per heavy atom. The van der Waals surface area contributed by atoms with Crippen LogP contribution in [0.4, 0.5) is 4.39 Å². The van der Waals surface area contributed by atoms with Gasteiger partial charge in [-0.1, -0.05) is 0 Å². The van der Waals surface area contributed by atoms with Gasteiger partial charge < -0.3 is 5.73 Å². The molecule has 0 atom stereocenters. The first-order chi connectivity index (χ1) is 4.27. The van der Waals surface area contributed by atoms with E-state index in [2.05, 4.69) is 0 Å². The smallest absolute Gasteiger partial charge is 0.227 e. The second kappa shape index (κ2) is 5.88. The van der Waals surface area contributed by atoms with E-state index >= 15 is 0 Å². The predicted molar refractivity (Wildman–Crippen MR) is 37.1 cm³/mol. The van der Waals surface area contributed by atoms with Crippen LogP contribution in [0.1, 0.15) is 6.42 Å². The van der Waals surface area contributed by atoms with Gasteiger partial charge in [0.05, 0.1) is 12.4 Å². The molecule has 0 unspecified atom stereocenters. The highest BCUT2D eigenvalue weighted by molar-refractivity contribution is 7.99. The summed E-state index contributed by atoms with van der Waals surface area (Å²) in [6.07, 6.45) is 0.512. The number of nitrogens with two attached hydrogens (primary N) is 1. The third-order valence-corrected chi connectivity index (χ3v) is 1.73. The Morgan fingerprint density at radius 2 is 2.33 bits per heavy atom. The molecule has 9 heavy (non-hydrogen) atoms. The summed E-state index contributed by atoms with van der Waals surface area (Å²) in [7, 11) is 0. The molecule has 0 aromatic carbocycles. The van der Waals surface area contributed by atoms with Crippen LogP contribution in [0.25, 0.3) is 0 Å². The minimum absolute atomic E-state index is 0.306. The zero-order chi connectivity index (χ0) is 7.11. The zero-order valence-electron chi connectivity index (χ0n) is 5.10. The lowest BCUT2D eigenvalue weighted by molar-refractivity contribution is -0.115. The standard InChI is InChI=1S/C5H10FNOS/c6-2-1-3-9-4-5(7)8/h1-4H2,(H2,7,8). The molecule has 0 saturated heterocycles. The maximum absolute atomic E-state index is 11.4. The molecule has 0 heterocycles. The van der Waals surface area contributed by atoms with E-state index in [4.69, 9.17) is 5.73 Å². The summed E-state index contributed by atoms with van der Waals surface area (Å²) in [5.74, 6) is 0.651. The van der Waals surface area contributed by atoms with Gasteiger partial charge in [-0.25, -0.2) is 0 Å². The van der Waals surface area contributed by atoms with Gasteiger partial charge in [0.2, 0.25) is 5.91 Å². The van der Waals surface area contributed by atoms with Crippen molar-refractivity contribution in [3.05, 3.63) is 0 Å². The molecule has 0 radical (unpaired) electrons. The van der Waals surface area contributed by atoms with Crippen LogP contribution in [0, 0.1) is 0 Å². The second-order valence-corrected chi connectivity index (χ2v) is 2.67. The van der Waals surface area contributed by atoms with E-state index in [9.17, 15) is 9.18 Å². The average Bonchev–Trinajstić information content (AvgIpc) is 1.80. The summed E-state index contributed by atoms with van der Waals surface area (Å²) < 4.78 is 11.4. The van der Waals surface area contributed by atoms with Crippen LogP contribution in [-0.4, -0.2) is 24.1 Å². The van der Waals surface area contributed by atoms with Gasteiger partial charge in [0.25, 0.3) is 0 Å². The van der Waals surface area contributed by atoms with Crippen molar-refractivity contribution in [2.75, 3.05) is 18.2 Å². The number of halogens is 1. The molecule has 0 aliphatic rings. The lowest BCUT2D eigenvalue weighted by Gasteiger charge is -1.92. The van der Waals surface area contributed by atoms with Gasteiger partial charge >= 0.3 is 0 Å². The fourth-order valence-corrected chi connectivity index (χ4v) is 0.988. The largest absolute Gasteiger partial charge is 0.369 e. The minimum atomic E-state index is -0.334. The lowest BCUT2D eigenvalue weighted by atomic mass is 10.6. The maximum atomic E-state index is 11.4. The maximum Gasteiger partial charge on any atom is 0.227 e. The first kappa shape index (κ1) is 8.75. The van der Waals surface area contributed by atoms with Crippen LogP contribution < -0.4 is 5.73 Å². The summed E-state index contributed by atoms with van der Waals surface area (Å²) >= 11 is 1.37. The Morgan fingerprint density at radius 3 is 2.78 bits per heavy atom. The molecule has 0 spiro atoms. The molecule has 1 amide bonds. The fraction of sp³-hybridized carbons (Fsp3) is 0.800. The molecule has 0 bridgehead atoms. The van der Waals surface area contributed by atoms with E-state index in [0.29, 0.717) is 17.9 Å². The molecule has 2 nitrogen and oxygen atoms in total. The summed E-state index contributed by atoms with van der Waals surface area (Å²) in [5.41, 5.74) is 4.82. The number of carbonyl (C=O) groups excluding carboxylic acids is 1. The molecule has 0 aliphatic carbocycles. The van der Waals surface area contributed by atoms with Gasteiger partial charge in [-0.05, 0) is 12.2 Å². The molecule has 0 aromatic rings. The van der Waals surface area contributed by atoms with E-state index in [1.807, 2.05) is 0 Å². The highest BCUT2D eigenvalue weighted by Crippen LogP contribution is 2.00. The molecule has 0 rings (SSSR count). The topological polar surface area (TPSA) is 43.1 Å². The number of hydrogen-bond donors (Lipinski definition) is 1. The van der Waals surface area contributed by atoms with E-state index in [1.54, 1.807) is 0 Å². The van der Waals surface area contributed by atoms with Gasteiger partial charge in [0, 0.05) is 0 Å². The normalized spacial score (nSPS) is 9.44. The highest BCUT2D eigenvalue weighted by Gasteiger charge is 1.92. The van der Waals surface area contributed by atoms with Crippen molar-refractivity contribution in [2.24, 2.45) is 5.73 Å². The van der Waals surface area contributed by atoms with Crippen LogP contribution >= 0.6 is 11.8 Å². The first-order valence-electron chi connectivity index (χ1n) is 2.69. The number of thioether (sulfide) groups is 1. The highest BCUT2D eigenvalue weighted by atomic mass is 32.2. The van der Waals surface area contributed by atoms with Gasteiger partial charge in [-0.3, -0.25) is 9.18 Å². The number of amides is 1. The molecule has 2 N–H and O–H groups in total. The Bertz CT molecular complexity index is 89.0. The van der Waals surface area contributed by atoms with Crippen molar-refractivity contribution in [2.45, 2.75) is 6.42 Å². The van der Waals surface area contributed by atoms with Crippen LogP contribution in [-0.2, 0) is 4.79 Å². The van der Waals surface area contributed by atoms with Crippen LogP contribution in [0.2, 0.25) is 0 Å². The number of hydrogen-bond acceptors (Lipinski definition) is 2. The summed E-state index contributed by atoms with van der Waals surface area (Å²) in [6.45, 7) is -0.314. The van der Waals surface area contributed by atoms with Crippen molar-refractivity contribution in [3.63, 3.8) is 0 Å². The Kier molecular flexibility index (Phi) is 5.72. The van der Waals surface area contributed by atoms with Crippen LogP contribution in [0.3, 0.4) is 0 Å². The van der Waals surface area contributed by atoms with Gasteiger partial charge in [-0.15, -0.1) is 0 Å². The lowest BCUT2D eigenvalue weighted by Crippen LogP contribution is -2.13. The molecule has 0 aliphatic heterocycles. The fourth-order valence-electron chi connectivity index (χ4n) is 0.329. The van der Waals surface area contributed by atoms with Crippen molar-refractivity contribution >= 4 is 17.7 Å². The third kappa shape index (κ3) is 7.75. The number of carbonyl (C=O) groups is 1. The summed E-state index contributed by atoms with van der Waals surface area (Å²) in [5, 5.41) is 0. The zero-order valence-corrected chi connectivity index (χ0v) is 5.92. The molecule has 0 aromatic heterocycles. The van der Waals surface area contributed by atoms with Crippen LogP contribution in [0.15, 0.2) is 0 Å².